The summed E-state index contributed by atoms with van der Waals surface area (Å²) in [5.41, 5.74) is -2.74. The van der Waals surface area contributed by atoms with Crippen LogP contribution in [0.5, 0.6) is 0 Å². The van der Waals surface area contributed by atoms with E-state index >= 15 is 0 Å². The van der Waals surface area contributed by atoms with E-state index < -0.39 is 21.5 Å². The Hall–Kier alpha value is 2.61. The van der Waals surface area contributed by atoms with Crippen LogP contribution in [0.4, 0.5) is 0 Å². The molecule has 0 aliphatic rings. The van der Waals surface area contributed by atoms with E-state index in [9.17, 15) is 13.2 Å². The van der Waals surface area contributed by atoms with E-state index in [2.05, 4.69) is 0 Å². The summed E-state index contributed by atoms with van der Waals surface area (Å²) < 4.78 is 27.2. The van der Waals surface area contributed by atoms with Gasteiger partial charge in [0.15, 0.2) is 0 Å². The molecule has 0 spiro atoms. The summed E-state index contributed by atoms with van der Waals surface area (Å²) in [4.78, 5) is 9.56. The number of carboxylic acids is 1. The molecule has 0 aliphatic carbocycles. The molecule has 0 bridgehead atoms. The molecular formula is C2H6K2O6S. The van der Waals surface area contributed by atoms with Gasteiger partial charge in [-0.25, -0.2) is 4.79 Å². The van der Waals surface area contributed by atoms with Crippen molar-refractivity contribution in [3.63, 3.8) is 0 Å². The van der Waals surface area contributed by atoms with Gasteiger partial charge in [-0.1, -0.05) is 0 Å². The SMILES string of the molecule is O=C(O)C(O)S(=O)(=O)O.[KH].[KH]. The maximum atomic E-state index is 9.70. The van der Waals surface area contributed by atoms with Crippen LogP contribution in [0.15, 0.2) is 0 Å². The third-order valence-corrected chi connectivity index (χ3v) is 1.26. The molecule has 9 heteroatoms. The summed E-state index contributed by atoms with van der Waals surface area (Å²) in [6.07, 6.45) is 0. The number of carboxylic acid groups (broad SMARTS) is 1. The normalized spacial score (nSPS) is 12.2. The molecule has 0 aromatic heterocycles. The predicted octanol–water partition coefficient (Wildman–Crippen LogP) is -3.02. The number of aliphatic hydroxyl groups is 1. The Morgan fingerprint density at radius 1 is 1.27 bits per heavy atom. The number of hydrogen-bond acceptors (Lipinski definition) is 4. The van der Waals surface area contributed by atoms with Gasteiger partial charge in [-0.3, -0.25) is 4.55 Å². The van der Waals surface area contributed by atoms with Gasteiger partial charge in [0.05, 0.1) is 0 Å². The summed E-state index contributed by atoms with van der Waals surface area (Å²) in [7, 11) is -4.85. The fourth-order valence-corrected chi connectivity index (χ4v) is 0.382. The maximum absolute atomic E-state index is 9.70. The van der Waals surface area contributed by atoms with E-state index in [-0.39, 0.29) is 103 Å². The fourth-order valence-electron chi connectivity index (χ4n) is 0.127. The fraction of sp³-hybridized carbons (Fsp3) is 0.500. The number of carbonyl (C=O) groups is 1. The van der Waals surface area contributed by atoms with E-state index in [4.69, 9.17) is 14.8 Å². The Labute approximate surface area is 148 Å². The minimum absolute atomic E-state index is 0. The summed E-state index contributed by atoms with van der Waals surface area (Å²) >= 11 is 0. The number of aliphatic hydroxyl groups excluding tert-OH is 1. The van der Waals surface area contributed by atoms with E-state index in [0.29, 0.717) is 0 Å². The second-order valence-corrected chi connectivity index (χ2v) is 2.68. The number of hydrogen-bond donors (Lipinski definition) is 3. The quantitative estimate of drug-likeness (QED) is 0.347. The summed E-state index contributed by atoms with van der Waals surface area (Å²) in [6, 6.07) is 0. The van der Waals surface area contributed by atoms with Gasteiger partial charge in [-0.2, -0.15) is 8.42 Å². The predicted molar refractivity (Wildman–Crippen MR) is 39.5 cm³/mol. The van der Waals surface area contributed by atoms with Gasteiger partial charge in [0.2, 0.25) is 0 Å². The van der Waals surface area contributed by atoms with Crippen molar-refractivity contribution in [2.75, 3.05) is 0 Å². The average molecular weight is 236 g/mol. The standard InChI is InChI=1S/C2H4O6S.2K.2H/c3-1(4)2(5)9(6,7)8;;;;/h2,5H,(H,3,4)(H,6,7,8);;;;. The van der Waals surface area contributed by atoms with Crippen LogP contribution < -0.4 is 0 Å². The molecule has 0 fully saturated rings. The molecule has 58 valence electrons. The molecule has 3 N–H and O–H groups in total. The molecule has 6 nitrogen and oxygen atoms in total. The van der Waals surface area contributed by atoms with Crippen molar-refractivity contribution in [1.29, 1.82) is 0 Å². The molecule has 0 saturated heterocycles. The van der Waals surface area contributed by atoms with Crippen LogP contribution >= 0.6 is 0 Å². The molecule has 1 atom stereocenters. The summed E-state index contributed by atoms with van der Waals surface area (Å²) in [5, 5.41) is 15.8. The zero-order valence-corrected chi connectivity index (χ0v) is 4.87. The van der Waals surface area contributed by atoms with Crippen LogP contribution in [0.25, 0.3) is 0 Å². The van der Waals surface area contributed by atoms with Crippen molar-refractivity contribution in [3.8, 4) is 0 Å². The molecule has 0 saturated carbocycles. The van der Waals surface area contributed by atoms with Crippen molar-refractivity contribution >= 4 is 119 Å². The minimum atomic E-state index is -4.85. The van der Waals surface area contributed by atoms with Crippen molar-refractivity contribution in [2.24, 2.45) is 0 Å². The van der Waals surface area contributed by atoms with E-state index in [1.807, 2.05) is 0 Å². The van der Waals surface area contributed by atoms with E-state index in [1.54, 1.807) is 0 Å². The van der Waals surface area contributed by atoms with Crippen LogP contribution in [0.2, 0.25) is 0 Å². The third-order valence-electron chi connectivity index (χ3n) is 0.493. The molecule has 0 aromatic carbocycles. The molecular weight excluding hydrogens is 230 g/mol. The van der Waals surface area contributed by atoms with Crippen molar-refractivity contribution in [2.45, 2.75) is 5.44 Å². The first-order valence-corrected chi connectivity index (χ1v) is 3.23. The Bertz CT molecular complexity index is 209. The molecule has 0 aromatic rings. The molecule has 0 heterocycles. The van der Waals surface area contributed by atoms with Crippen LogP contribution in [0.3, 0.4) is 0 Å². The Morgan fingerprint density at radius 3 is 1.55 bits per heavy atom. The van der Waals surface area contributed by atoms with Gasteiger partial charge in [0, 0.05) is 0 Å². The van der Waals surface area contributed by atoms with Gasteiger partial charge >= 0.3 is 119 Å². The second-order valence-electron chi connectivity index (χ2n) is 1.21. The molecule has 0 rings (SSSR count). The first-order valence-electron chi connectivity index (χ1n) is 1.73. The molecule has 1 unspecified atom stereocenters. The molecule has 0 aliphatic heterocycles. The van der Waals surface area contributed by atoms with Gasteiger partial charge < -0.3 is 10.2 Å². The monoisotopic (exact) mass is 236 g/mol. The van der Waals surface area contributed by atoms with Crippen molar-refractivity contribution in [3.05, 3.63) is 0 Å². The Kier molecular flexibility index (Phi) is 13.9. The average Bonchev–Trinajstić information content (AvgIpc) is 1.62. The number of aliphatic carboxylic acids is 1. The first-order chi connectivity index (χ1) is 3.85. The van der Waals surface area contributed by atoms with Crippen LogP contribution in [-0.4, -0.2) is 137 Å². The zero-order chi connectivity index (χ0) is 7.65. The third kappa shape index (κ3) is 8.93. The van der Waals surface area contributed by atoms with E-state index in [1.165, 1.54) is 0 Å². The Morgan fingerprint density at radius 2 is 1.55 bits per heavy atom. The topological polar surface area (TPSA) is 112 Å². The van der Waals surface area contributed by atoms with Gasteiger partial charge in [0.1, 0.15) is 0 Å². The molecule has 0 radical (unpaired) electrons. The van der Waals surface area contributed by atoms with Gasteiger partial charge in [-0.05, 0) is 0 Å². The number of rotatable bonds is 2. The van der Waals surface area contributed by atoms with Crippen LogP contribution in [-0.2, 0) is 14.9 Å². The van der Waals surface area contributed by atoms with Crippen LogP contribution in [0.1, 0.15) is 0 Å². The van der Waals surface area contributed by atoms with Crippen molar-refractivity contribution in [1.82, 2.24) is 0 Å². The molecule has 0 amide bonds. The van der Waals surface area contributed by atoms with Crippen LogP contribution in [0, 0.1) is 0 Å². The second kappa shape index (κ2) is 7.97. The zero-order valence-electron chi connectivity index (χ0n) is 4.05. The first kappa shape index (κ1) is 19.2. The Balaban J connectivity index is -0.000000320. The van der Waals surface area contributed by atoms with Gasteiger partial charge in [0.25, 0.3) is 5.44 Å². The summed E-state index contributed by atoms with van der Waals surface area (Å²) in [5.74, 6) is -2.00. The summed E-state index contributed by atoms with van der Waals surface area (Å²) in [6.45, 7) is 0. The van der Waals surface area contributed by atoms with Crippen molar-refractivity contribution < 1.29 is 28.0 Å². The van der Waals surface area contributed by atoms with Gasteiger partial charge in [-0.15, -0.1) is 0 Å². The molecule has 11 heavy (non-hydrogen) atoms. The van der Waals surface area contributed by atoms with E-state index in [0.717, 1.165) is 0 Å².